The Kier molecular flexibility index (Phi) is 4.57. The first kappa shape index (κ1) is 12.0. The first-order valence-electron chi connectivity index (χ1n) is 5.38. The second-order valence-electron chi connectivity index (χ2n) is 4.04. The number of nitrogens with zero attached hydrogens (tertiary/aromatic N) is 2. The lowest BCUT2D eigenvalue weighted by Gasteiger charge is -2.34. The van der Waals surface area contributed by atoms with Crippen LogP contribution in [0.5, 0.6) is 0 Å². The summed E-state index contributed by atoms with van der Waals surface area (Å²) in [7, 11) is 1.44. The fraction of sp³-hybridized carbons (Fsp3) is 0.818. The van der Waals surface area contributed by atoms with Crippen LogP contribution in [-0.4, -0.2) is 37.1 Å². The zero-order valence-corrected chi connectivity index (χ0v) is 9.40. The van der Waals surface area contributed by atoms with E-state index in [-0.39, 0.29) is 11.9 Å². The molecule has 1 heterocycles. The molecule has 0 bridgehead atoms. The molecule has 1 atom stereocenters. The number of ether oxygens (including phenoxy) is 1. The first-order chi connectivity index (χ1) is 7.19. The van der Waals surface area contributed by atoms with Crippen molar-refractivity contribution >= 4 is 5.97 Å². The number of methoxy groups -OCH3 is 1. The predicted octanol–water partition coefficient (Wildman–Crippen LogP) is 1.17. The maximum absolute atomic E-state index is 11.3. The Morgan fingerprint density at radius 2 is 2.20 bits per heavy atom. The van der Waals surface area contributed by atoms with Gasteiger partial charge < -0.3 is 4.74 Å². The second-order valence-corrected chi connectivity index (χ2v) is 4.04. The van der Waals surface area contributed by atoms with Gasteiger partial charge in [-0.2, -0.15) is 5.26 Å². The third kappa shape index (κ3) is 3.21. The molecule has 1 aliphatic heterocycles. The standard InChI is InChI=1S/C11H18N2O2/c1-9(3-6-12)13-7-4-10(5-8-13)11(14)15-2/h9-10H,3-5,7-8H2,1-2H3. The van der Waals surface area contributed by atoms with Crippen molar-refractivity contribution < 1.29 is 9.53 Å². The molecular weight excluding hydrogens is 192 g/mol. The number of hydrogen-bond donors (Lipinski definition) is 0. The lowest BCUT2D eigenvalue weighted by molar-refractivity contribution is -0.147. The maximum atomic E-state index is 11.3. The van der Waals surface area contributed by atoms with Gasteiger partial charge in [-0.25, -0.2) is 0 Å². The summed E-state index contributed by atoms with van der Waals surface area (Å²) in [4.78, 5) is 13.5. The number of nitriles is 1. The van der Waals surface area contributed by atoms with E-state index < -0.39 is 0 Å². The summed E-state index contributed by atoms with van der Waals surface area (Å²) in [5, 5.41) is 8.59. The number of likely N-dealkylation sites (tertiary alicyclic amines) is 1. The average molecular weight is 210 g/mol. The van der Waals surface area contributed by atoms with E-state index in [0.717, 1.165) is 25.9 Å². The fourth-order valence-electron chi connectivity index (χ4n) is 2.00. The van der Waals surface area contributed by atoms with Crippen LogP contribution in [0.25, 0.3) is 0 Å². The molecule has 0 aromatic carbocycles. The lowest BCUT2D eigenvalue weighted by Crippen LogP contribution is -2.41. The number of piperidine rings is 1. The highest BCUT2D eigenvalue weighted by molar-refractivity contribution is 5.72. The minimum Gasteiger partial charge on any atom is -0.469 e. The molecule has 0 amide bonds. The second kappa shape index (κ2) is 5.72. The molecule has 0 spiro atoms. The summed E-state index contributed by atoms with van der Waals surface area (Å²) in [5.74, 6) is -0.0388. The van der Waals surface area contributed by atoms with E-state index in [0.29, 0.717) is 12.5 Å². The quantitative estimate of drug-likeness (QED) is 0.656. The topological polar surface area (TPSA) is 53.3 Å². The Balaban J connectivity index is 2.36. The van der Waals surface area contributed by atoms with Gasteiger partial charge in [-0.3, -0.25) is 9.69 Å². The van der Waals surface area contributed by atoms with Crippen LogP contribution >= 0.6 is 0 Å². The van der Waals surface area contributed by atoms with Gasteiger partial charge in [-0.05, 0) is 32.9 Å². The SMILES string of the molecule is COC(=O)C1CCN(C(C)CC#N)CC1. The van der Waals surface area contributed by atoms with E-state index in [1.807, 2.05) is 0 Å². The molecule has 1 aliphatic rings. The van der Waals surface area contributed by atoms with Crippen molar-refractivity contribution in [1.29, 1.82) is 5.26 Å². The summed E-state index contributed by atoms with van der Waals surface area (Å²) in [6, 6.07) is 2.48. The Morgan fingerprint density at radius 3 is 2.67 bits per heavy atom. The molecule has 84 valence electrons. The number of rotatable bonds is 3. The summed E-state index contributed by atoms with van der Waals surface area (Å²) < 4.78 is 4.72. The summed E-state index contributed by atoms with van der Waals surface area (Å²) >= 11 is 0. The Bertz CT molecular complexity index is 252. The Hall–Kier alpha value is -1.08. The first-order valence-corrected chi connectivity index (χ1v) is 5.38. The molecule has 4 heteroatoms. The average Bonchev–Trinajstić information content (AvgIpc) is 2.28. The van der Waals surface area contributed by atoms with Crippen LogP contribution in [0.1, 0.15) is 26.2 Å². The van der Waals surface area contributed by atoms with Gasteiger partial charge in [-0.1, -0.05) is 0 Å². The molecule has 0 N–H and O–H groups in total. The van der Waals surface area contributed by atoms with Crippen molar-refractivity contribution in [3.8, 4) is 6.07 Å². The smallest absolute Gasteiger partial charge is 0.308 e. The zero-order chi connectivity index (χ0) is 11.3. The van der Waals surface area contributed by atoms with Crippen molar-refractivity contribution in [2.75, 3.05) is 20.2 Å². The Morgan fingerprint density at radius 1 is 1.60 bits per heavy atom. The number of esters is 1. The molecule has 1 unspecified atom stereocenters. The summed E-state index contributed by atoms with van der Waals surface area (Å²) in [6.07, 6.45) is 2.26. The summed E-state index contributed by atoms with van der Waals surface area (Å²) in [6.45, 7) is 3.84. The molecule has 1 rings (SSSR count). The van der Waals surface area contributed by atoms with Crippen LogP contribution in [0.3, 0.4) is 0 Å². The minimum atomic E-state index is -0.0948. The third-order valence-corrected chi connectivity index (χ3v) is 3.07. The van der Waals surface area contributed by atoms with Gasteiger partial charge in [0, 0.05) is 6.04 Å². The van der Waals surface area contributed by atoms with Crippen molar-refractivity contribution in [1.82, 2.24) is 4.90 Å². The van der Waals surface area contributed by atoms with E-state index in [4.69, 9.17) is 10.00 Å². The van der Waals surface area contributed by atoms with E-state index in [1.165, 1.54) is 7.11 Å². The van der Waals surface area contributed by atoms with Crippen molar-refractivity contribution in [2.24, 2.45) is 5.92 Å². The molecular formula is C11H18N2O2. The van der Waals surface area contributed by atoms with Gasteiger partial charge in [0.15, 0.2) is 0 Å². The summed E-state index contributed by atoms with van der Waals surface area (Å²) in [5.41, 5.74) is 0. The molecule has 0 aromatic heterocycles. The number of carbonyl (C=O) groups excluding carboxylic acids is 1. The molecule has 0 radical (unpaired) electrons. The molecule has 0 aliphatic carbocycles. The highest BCUT2D eigenvalue weighted by atomic mass is 16.5. The number of hydrogen-bond acceptors (Lipinski definition) is 4. The van der Waals surface area contributed by atoms with Crippen LogP contribution in [0, 0.1) is 17.2 Å². The fourth-order valence-corrected chi connectivity index (χ4v) is 2.00. The number of carbonyl (C=O) groups is 1. The molecule has 0 aromatic rings. The van der Waals surface area contributed by atoms with Crippen molar-refractivity contribution in [3.63, 3.8) is 0 Å². The van der Waals surface area contributed by atoms with Gasteiger partial charge in [0.25, 0.3) is 0 Å². The van der Waals surface area contributed by atoms with Gasteiger partial charge in [0.2, 0.25) is 0 Å². The third-order valence-electron chi connectivity index (χ3n) is 3.07. The van der Waals surface area contributed by atoms with Crippen LogP contribution < -0.4 is 0 Å². The Labute approximate surface area is 90.8 Å². The highest BCUT2D eigenvalue weighted by Crippen LogP contribution is 2.20. The van der Waals surface area contributed by atoms with E-state index in [9.17, 15) is 4.79 Å². The normalized spacial score (nSPS) is 20.6. The van der Waals surface area contributed by atoms with Gasteiger partial charge in [0.05, 0.1) is 25.5 Å². The molecule has 4 nitrogen and oxygen atoms in total. The molecule has 1 saturated heterocycles. The van der Waals surface area contributed by atoms with Crippen molar-refractivity contribution in [2.45, 2.75) is 32.2 Å². The maximum Gasteiger partial charge on any atom is 0.308 e. The van der Waals surface area contributed by atoms with Gasteiger partial charge in [0.1, 0.15) is 0 Å². The van der Waals surface area contributed by atoms with E-state index in [2.05, 4.69) is 17.9 Å². The van der Waals surface area contributed by atoms with E-state index in [1.54, 1.807) is 0 Å². The largest absolute Gasteiger partial charge is 0.469 e. The highest BCUT2D eigenvalue weighted by Gasteiger charge is 2.27. The van der Waals surface area contributed by atoms with Crippen LogP contribution in [0.15, 0.2) is 0 Å². The molecule has 0 saturated carbocycles. The molecule has 15 heavy (non-hydrogen) atoms. The zero-order valence-electron chi connectivity index (χ0n) is 9.40. The van der Waals surface area contributed by atoms with Gasteiger partial charge in [-0.15, -0.1) is 0 Å². The van der Waals surface area contributed by atoms with Gasteiger partial charge >= 0.3 is 5.97 Å². The van der Waals surface area contributed by atoms with Crippen LogP contribution in [0.2, 0.25) is 0 Å². The monoisotopic (exact) mass is 210 g/mol. The van der Waals surface area contributed by atoms with E-state index >= 15 is 0 Å². The van der Waals surface area contributed by atoms with Crippen LogP contribution in [0.4, 0.5) is 0 Å². The molecule has 1 fully saturated rings. The minimum absolute atomic E-state index is 0.0561. The van der Waals surface area contributed by atoms with Crippen molar-refractivity contribution in [3.05, 3.63) is 0 Å². The van der Waals surface area contributed by atoms with Crippen LogP contribution in [-0.2, 0) is 9.53 Å². The predicted molar refractivity (Wildman–Crippen MR) is 56.0 cm³/mol. The lowest BCUT2D eigenvalue weighted by atomic mass is 9.96.